The van der Waals surface area contributed by atoms with Gasteiger partial charge in [-0.1, -0.05) is 36.4 Å². The van der Waals surface area contributed by atoms with Crippen LogP contribution in [0.5, 0.6) is 0 Å². The molecule has 14 heavy (non-hydrogen) atoms. The molecule has 1 rings (SSSR count). The van der Waals surface area contributed by atoms with Gasteiger partial charge in [0.1, 0.15) is 0 Å². The lowest BCUT2D eigenvalue weighted by Gasteiger charge is -1.92. The van der Waals surface area contributed by atoms with Crippen molar-refractivity contribution in [1.82, 2.24) is 0 Å². The molecule has 0 amide bonds. The third kappa shape index (κ3) is 3.72. The quantitative estimate of drug-likeness (QED) is 0.414. The normalized spacial score (nSPS) is 10.9. The van der Waals surface area contributed by atoms with Crippen molar-refractivity contribution in [3.63, 3.8) is 0 Å². The van der Waals surface area contributed by atoms with Crippen LogP contribution in [0, 0.1) is 0 Å². The summed E-state index contributed by atoms with van der Waals surface area (Å²) in [6.45, 7) is 1.79. The Morgan fingerprint density at radius 3 is 2.64 bits per heavy atom. The van der Waals surface area contributed by atoms with E-state index in [4.69, 9.17) is 4.74 Å². The summed E-state index contributed by atoms with van der Waals surface area (Å²) in [6, 6.07) is 9.59. The van der Waals surface area contributed by atoms with E-state index in [0.717, 1.165) is 5.56 Å². The molecule has 1 aromatic rings. The highest BCUT2D eigenvalue weighted by Crippen LogP contribution is 2.00. The molecule has 0 bridgehead atoms. The summed E-state index contributed by atoms with van der Waals surface area (Å²) in [5, 5.41) is 0. The number of hydrogen-bond acceptors (Lipinski definition) is 2. The van der Waals surface area contributed by atoms with Gasteiger partial charge in [-0.2, -0.15) is 0 Å². The molecule has 0 saturated heterocycles. The number of benzene rings is 1. The van der Waals surface area contributed by atoms with E-state index in [1.807, 2.05) is 30.3 Å². The zero-order valence-corrected chi connectivity index (χ0v) is 8.01. The molecular formula is C12H12O2. The SMILES string of the molecule is CC=COC(=O)C=Cc1ccccc1. The smallest absolute Gasteiger partial charge is 0.335 e. The molecule has 0 unspecified atom stereocenters. The largest absolute Gasteiger partial charge is 0.432 e. The molecule has 0 aliphatic heterocycles. The molecule has 0 spiro atoms. The highest BCUT2D eigenvalue weighted by molar-refractivity contribution is 5.87. The van der Waals surface area contributed by atoms with Crippen LogP contribution in [0.25, 0.3) is 6.08 Å². The van der Waals surface area contributed by atoms with E-state index < -0.39 is 0 Å². The van der Waals surface area contributed by atoms with Crippen LogP contribution in [0.3, 0.4) is 0 Å². The summed E-state index contributed by atoms with van der Waals surface area (Å²) in [5.74, 6) is -0.369. The van der Waals surface area contributed by atoms with Gasteiger partial charge < -0.3 is 4.74 Å². The van der Waals surface area contributed by atoms with Crippen molar-refractivity contribution in [3.8, 4) is 0 Å². The molecule has 0 N–H and O–H groups in total. The Kier molecular flexibility index (Phi) is 4.21. The maximum absolute atomic E-state index is 11.0. The Labute approximate surface area is 83.5 Å². The molecule has 0 radical (unpaired) electrons. The van der Waals surface area contributed by atoms with Gasteiger partial charge in [-0.05, 0) is 18.6 Å². The number of rotatable bonds is 3. The predicted octanol–water partition coefficient (Wildman–Crippen LogP) is 2.78. The minimum atomic E-state index is -0.369. The van der Waals surface area contributed by atoms with Crippen LogP contribution in [0.2, 0.25) is 0 Å². The first kappa shape index (κ1) is 10.3. The van der Waals surface area contributed by atoms with Crippen molar-refractivity contribution >= 4 is 12.0 Å². The lowest BCUT2D eigenvalue weighted by molar-refractivity contribution is -0.132. The fourth-order valence-corrected chi connectivity index (χ4v) is 0.903. The fraction of sp³-hybridized carbons (Fsp3) is 0.0833. The van der Waals surface area contributed by atoms with E-state index in [0.29, 0.717) is 0 Å². The van der Waals surface area contributed by atoms with Crippen LogP contribution < -0.4 is 0 Å². The van der Waals surface area contributed by atoms with Gasteiger partial charge in [0.05, 0.1) is 6.26 Å². The van der Waals surface area contributed by atoms with Gasteiger partial charge in [-0.3, -0.25) is 0 Å². The summed E-state index contributed by atoms with van der Waals surface area (Å²) in [5.41, 5.74) is 0.977. The van der Waals surface area contributed by atoms with Crippen molar-refractivity contribution in [2.45, 2.75) is 6.92 Å². The van der Waals surface area contributed by atoms with Gasteiger partial charge in [-0.15, -0.1) is 0 Å². The van der Waals surface area contributed by atoms with Crippen LogP contribution in [0.15, 0.2) is 48.7 Å². The van der Waals surface area contributed by atoms with Crippen molar-refractivity contribution in [3.05, 3.63) is 54.3 Å². The topological polar surface area (TPSA) is 26.3 Å². The molecule has 0 aliphatic rings. The third-order valence-electron chi connectivity index (χ3n) is 1.53. The van der Waals surface area contributed by atoms with E-state index in [9.17, 15) is 4.79 Å². The second-order valence-corrected chi connectivity index (χ2v) is 2.65. The predicted molar refractivity (Wildman–Crippen MR) is 56.4 cm³/mol. The number of ether oxygens (including phenoxy) is 1. The van der Waals surface area contributed by atoms with Crippen molar-refractivity contribution in [2.24, 2.45) is 0 Å². The Morgan fingerprint density at radius 2 is 2.00 bits per heavy atom. The average molecular weight is 188 g/mol. The van der Waals surface area contributed by atoms with Crippen LogP contribution in [0.4, 0.5) is 0 Å². The summed E-state index contributed by atoms with van der Waals surface area (Å²) in [7, 11) is 0. The lowest BCUT2D eigenvalue weighted by Crippen LogP contribution is -1.92. The van der Waals surface area contributed by atoms with E-state index in [1.165, 1.54) is 12.3 Å². The first-order chi connectivity index (χ1) is 6.83. The minimum Gasteiger partial charge on any atom is -0.432 e. The maximum Gasteiger partial charge on any atom is 0.335 e. The first-order valence-corrected chi connectivity index (χ1v) is 4.38. The molecule has 0 saturated carbocycles. The minimum absolute atomic E-state index is 0.369. The van der Waals surface area contributed by atoms with Gasteiger partial charge in [-0.25, -0.2) is 4.79 Å². The fourth-order valence-electron chi connectivity index (χ4n) is 0.903. The molecule has 2 nitrogen and oxygen atoms in total. The van der Waals surface area contributed by atoms with Crippen LogP contribution in [-0.4, -0.2) is 5.97 Å². The maximum atomic E-state index is 11.0. The Balaban J connectivity index is 2.52. The second kappa shape index (κ2) is 5.75. The highest BCUT2D eigenvalue weighted by atomic mass is 16.5. The second-order valence-electron chi connectivity index (χ2n) is 2.65. The number of esters is 1. The van der Waals surface area contributed by atoms with E-state index in [2.05, 4.69) is 0 Å². The van der Waals surface area contributed by atoms with E-state index in [1.54, 1.807) is 19.1 Å². The third-order valence-corrected chi connectivity index (χ3v) is 1.53. The van der Waals surface area contributed by atoms with Crippen molar-refractivity contribution < 1.29 is 9.53 Å². The van der Waals surface area contributed by atoms with Gasteiger partial charge in [0.2, 0.25) is 0 Å². The van der Waals surface area contributed by atoms with Gasteiger partial charge in [0.15, 0.2) is 0 Å². The molecule has 0 heterocycles. The number of allylic oxidation sites excluding steroid dienone is 1. The monoisotopic (exact) mass is 188 g/mol. The zero-order chi connectivity index (χ0) is 10.2. The van der Waals surface area contributed by atoms with Crippen LogP contribution in [0.1, 0.15) is 12.5 Å². The summed E-state index contributed by atoms with van der Waals surface area (Å²) in [6.07, 6.45) is 6.13. The zero-order valence-electron chi connectivity index (χ0n) is 8.01. The first-order valence-electron chi connectivity index (χ1n) is 4.38. The lowest BCUT2D eigenvalue weighted by atomic mass is 10.2. The van der Waals surface area contributed by atoms with Crippen molar-refractivity contribution in [1.29, 1.82) is 0 Å². The molecule has 2 heteroatoms. The Bertz CT molecular complexity index is 337. The number of carbonyl (C=O) groups is 1. The standard InChI is InChI=1S/C12H12O2/c1-2-10-14-12(13)9-8-11-6-4-3-5-7-11/h2-10H,1H3. The summed E-state index contributed by atoms with van der Waals surface area (Å²) in [4.78, 5) is 11.0. The molecular weight excluding hydrogens is 176 g/mol. The molecule has 0 aliphatic carbocycles. The van der Waals surface area contributed by atoms with Crippen LogP contribution in [-0.2, 0) is 9.53 Å². The van der Waals surface area contributed by atoms with Gasteiger partial charge >= 0.3 is 5.97 Å². The average Bonchev–Trinajstić information content (AvgIpc) is 2.25. The Morgan fingerprint density at radius 1 is 1.29 bits per heavy atom. The summed E-state index contributed by atoms with van der Waals surface area (Å²) < 4.78 is 4.71. The molecule has 72 valence electrons. The number of carbonyl (C=O) groups excluding carboxylic acids is 1. The highest BCUT2D eigenvalue weighted by Gasteiger charge is 1.91. The van der Waals surface area contributed by atoms with Crippen LogP contribution >= 0.6 is 0 Å². The van der Waals surface area contributed by atoms with Gasteiger partial charge in [0, 0.05) is 6.08 Å². The molecule has 0 aromatic heterocycles. The molecule has 0 fully saturated rings. The summed E-state index contributed by atoms with van der Waals surface area (Å²) >= 11 is 0. The van der Waals surface area contributed by atoms with Crippen molar-refractivity contribution in [2.75, 3.05) is 0 Å². The van der Waals surface area contributed by atoms with E-state index in [-0.39, 0.29) is 5.97 Å². The Hall–Kier alpha value is -1.83. The molecule has 0 atom stereocenters. The molecule has 1 aromatic carbocycles. The van der Waals surface area contributed by atoms with E-state index >= 15 is 0 Å². The van der Waals surface area contributed by atoms with Gasteiger partial charge in [0.25, 0.3) is 0 Å². The number of hydrogen-bond donors (Lipinski definition) is 0.